The minimum absolute atomic E-state index is 0.0266. The molecule has 4 nitrogen and oxygen atoms in total. The molecule has 3 N–H and O–H groups in total. The van der Waals surface area contributed by atoms with Gasteiger partial charge >= 0.3 is 0 Å². The molecule has 28 heavy (non-hydrogen) atoms. The summed E-state index contributed by atoms with van der Waals surface area (Å²) < 4.78 is 0. The zero-order valence-corrected chi connectivity index (χ0v) is 17.3. The molecule has 3 rings (SSSR count). The third-order valence-corrected chi connectivity index (χ3v) is 5.77. The summed E-state index contributed by atoms with van der Waals surface area (Å²) in [5, 5.41) is 3.13. The summed E-state index contributed by atoms with van der Waals surface area (Å²) in [6.07, 6.45) is 4.47. The molecule has 148 valence electrons. The van der Waals surface area contributed by atoms with Crippen molar-refractivity contribution in [1.82, 2.24) is 0 Å². The van der Waals surface area contributed by atoms with Gasteiger partial charge in [-0.2, -0.15) is 0 Å². The average Bonchev–Trinajstić information content (AvgIpc) is 2.71. The van der Waals surface area contributed by atoms with Crippen LogP contribution in [-0.2, 0) is 4.79 Å². The molecule has 1 atom stereocenters. The number of piperazine rings is 1. The number of carbonyl (C=O) groups excluding carboxylic acids is 1. The largest absolute Gasteiger partial charge is 0.322 e. The molecule has 2 aromatic carbocycles. The minimum Gasteiger partial charge on any atom is -0.322 e. The van der Waals surface area contributed by atoms with E-state index in [2.05, 4.69) is 73.8 Å². The number of rotatable bonds is 6. The number of nitrogens with one attached hydrogen (secondary N) is 3. The fourth-order valence-electron chi connectivity index (χ4n) is 3.78. The van der Waals surface area contributed by atoms with Crippen LogP contribution in [0.4, 0.5) is 5.69 Å². The molecule has 1 heterocycles. The standard InChI is InChI=1S/C24H31N3O/c1-19-11-12-20(2)23(18-19)25-24(28)21(3)27-16-14-26(15-17-27)13-7-10-22-8-5-4-6-9-22/h4-12,18,21H,13-17H2,1-3H3,(H,25,28)/p+2/b10-7+/t21-/m1/s1. The van der Waals surface area contributed by atoms with Crippen LogP contribution in [0.15, 0.2) is 54.6 Å². The first-order valence-electron chi connectivity index (χ1n) is 10.3. The van der Waals surface area contributed by atoms with E-state index in [9.17, 15) is 4.79 Å². The van der Waals surface area contributed by atoms with Gasteiger partial charge in [0.2, 0.25) is 0 Å². The lowest BCUT2D eigenvalue weighted by molar-refractivity contribution is -1.02. The van der Waals surface area contributed by atoms with Gasteiger partial charge < -0.3 is 15.1 Å². The highest BCUT2D eigenvalue weighted by molar-refractivity contribution is 5.94. The highest BCUT2D eigenvalue weighted by atomic mass is 16.2. The van der Waals surface area contributed by atoms with E-state index in [-0.39, 0.29) is 11.9 Å². The second-order valence-electron chi connectivity index (χ2n) is 7.95. The number of hydrogen-bond donors (Lipinski definition) is 3. The van der Waals surface area contributed by atoms with E-state index in [1.807, 2.05) is 13.0 Å². The third-order valence-electron chi connectivity index (χ3n) is 5.77. The van der Waals surface area contributed by atoms with Crippen LogP contribution in [0.2, 0.25) is 0 Å². The summed E-state index contributed by atoms with van der Waals surface area (Å²) in [5.41, 5.74) is 4.47. The van der Waals surface area contributed by atoms with Crippen molar-refractivity contribution in [2.75, 3.05) is 38.0 Å². The van der Waals surface area contributed by atoms with Crippen molar-refractivity contribution < 1.29 is 14.6 Å². The van der Waals surface area contributed by atoms with E-state index in [4.69, 9.17) is 0 Å². The van der Waals surface area contributed by atoms with Gasteiger partial charge in [-0.1, -0.05) is 48.5 Å². The van der Waals surface area contributed by atoms with E-state index >= 15 is 0 Å². The Morgan fingerprint density at radius 2 is 1.79 bits per heavy atom. The minimum atomic E-state index is -0.0266. The van der Waals surface area contributed by atoms with E-state index in [0.29, 0.717) is 0 Å². The van der Waals surface area contributed by atoms with Gasteiger partial charge in [-0.05, 0) is 49.6 Å². The summed E-state index contributed by atoms with van der Waals surface area (Å²) in [6.45, 7) is 11.5. The van der Waals surface area contributed by atoms with Crippen molar-refractivity contribution in [3.8, 4) is 0 Å². The predicted octanol–water partition coefficient (Wildman–Crippen LogP) is 1.13. The van der Waals surface area contributed by atoms with Crippen molar-refractivity contribution in [3.63, 3.8) is 0 Å². The number of amides is 1. The molecule has 1 amide bonds. The van der Waals surface area contributed by atoms with E-state index in [0.717, 1.165) is 44.0 Å². The quantitative estimate of drug-likeness (QED) is 0.692. The molecular weight excluding hydrogens is 346 g/mol. The molecule has 0 spiro atoms. The first-order chi connectivity index (χ1) is 13.5. The summed E-state index contributed by atoms with van der Waals surface area (Å²) >= 11 is 0. The van der Waals surface area contributed by atoms with Crippen LogP contribution in [0.1, 0.15) is 23.6 Å². The molecular formula is C24H33N3O+2. The number of benzene rings is 2. The Morgan fingerprint density at radius 1 is 1.07 bits per heavy atom. The number of aryl methyl sites for hydroxylation is 2. The van der Waals surface area contributed by atoms with Crippen molar-refractivity contribution in [2.24, 2.45) is 0 Å². The summed E-state index contributed by atoms with van der Waals surface area (Å²) in [7, 11) is 0. The van der Waals surface area contributed by atoms with Crippen molar-refractivity contribution in [1.29, 1.82) is 0 Å². The maximum absolute atomic E-state index is 12.7. The van der Waals surface area contributed by atoms with Crippen LogP contribution in [-0.4, -0.2) is 44.7 Å². The van der Waals surface area contributed by atoms with Crippen LogP contribution < -0.4 is 15.1 Å². The van der Waals surface area contributed by atoms with E-state index in [1.54, 1.807) is 4.90 Å². The van der Waals surface area contributed by atoms with Crippen LogP contribution in [0.3, 0.4) is 0 Å². The lowest BCUT2D eigenvalue weighted by atomic mass is 10.1. The first-order valence-corrected chi connectivity index (χ1v) is 10.3. The van der Waals surface area contributed by atoms with E-state index in [1.165, 1.54) is 16.0 Å². The van der Waals surface area contributed by atoms with Crippen molar-refractivity contribution in [3.05, 3.63) is 71.3 Å². The molecule has 4 heteroatoms. The lowest BCUT2D eigenvalue weighted by Gasteiger charge is -2.32. The fraction of sp³-hybridized carbons (Fsp3) is 0.375. The Balaban J connectivity index is 1.46. The maximum atomic E-state index is 12.7. The second kappa shape index (κ2) is 9.67. The smallest absolute Gasteiger partial charge is 0.282 e. The number of carbonyl (C=O) groups is 1. The number of hydrogen-bond acceptors (Lipinski definition) is 1. The Bertz CT molecular complexity index is 808. The normalized spacial score (nSPS) is 20.8. The molecule has 0 unspecified atom stereocenters. The maximum Gasteiger partial charge on any atom is 0.282 e. The van der Waals surface area contributed by atoms with Crippen LogP contribution in [0.5, 0.6) is 0 Å². The average molecular weight is 380 g/mol. The highest BCUT2D eigenvalue weighted by Crippen LogP contribution is 2.16. The van der Waals surface area contributed by atoms with E-state index < -0.39 is 0 Å². The SMILES string of the molecule is Cc1ccc(C)c(NC(=O)[C@@H](C)[NH+]2CC[NH+](C/C=C/c3ccccc3)CC2)c1. The molecule has 0 radical (unpaired) electrons. The third kappa shape index (κ3) is 5.54. The van der Waals surface area contributed by atoms with Gasteiger partial charge in [0.1, 0.15) is 26.2 Å². The number of anilines is 1. The molecule has 1 aliphatic heterocycles. The predicted molar refractivity (Wildman–Crippen MR) is 116 cm³/mol. The van der Waals surface area contributed by atoms with Gasteiger partial charge in [-0.15, -0.1) is 0 Å². The summed E-state index contributed by atoms with van der Waals surface area (Å²) in [5.74, 6) is 0.121. The van der Waals surface area contributed by atoms with Crippen LogP contribution in [0, 0.1) is 13.8 Å². The molecule has 0 aliphatic carbocycles. The molecule has 0 saturated carbocycles. The second-order valence-corrected chi connectivity index (χ2v) is 7.95. The highest BCUT2D eigenvalue weighted by Gasteiger charge is 2.30. The number of quaternary nitrogens is 2. The Morgan fingerprint density at radius 3 is 2.50 bits per heavy atom. The van der Waals surface area contributed by atoms with Gasteiger partial charge in [0.25, 0.3) is 5.91 Å². The summed E-state index contributed by atoms with van der Waals surface area (Å²) in [4.78, 5) is 15.7. The van der Waals surface area contributed by atoms with Crippen LogP contribution in [0.25, 0.3) is 6.08 Å². The van der Waals surface area contributed by atoms with Crippen molar-refractivity contribution >= 4 is 17.7 Å². The molecule has 1 fully saturated rings. The van der Waals surface area contributed by atoms with Gasteiger partial charge in [0.15, 0.2) is 6.04 Å². The zero-order valence-electron chi connectivity index (χ0n) is 17.3. The topological polar surface area (TPSA) is 38.0 Å². The molecule has 0 bridgehead atoms. The zero-order chi connectivity index (χ0) is 19.9. The van der Waals surface area contributed by atoms with Gasteiger partial charge in [-0.3, -0.25) is 4.79 Å². The van der Waals surface area contributed by atoms with Gasteiger partial charge in [0, 0.05) is 5.69 Å². The summed E-state index contributed by atoms with van der Waals surface area (Å²) in [6, 6.07) is 16.6. The Hall–Kier alpha value is -2.43. The fourth-order valence-corrected chi connectivity index (χ4v) is 3.78. The Labute approximate surface area is 168 Å². The van der Waals surface area contributed by atoms with Crippen molar-refractivity contribution in [2.45, 2.75) is 26.8 Å². The van der Waals surface area contributed by atoms with Gasteiger partial charge in [0.05, 0.1) is 6.54 Å². The molecule has 0 aromatic heterocycles. The molecule has 1 saturated heterocycles. The Kier molecular flexibility index (Phi) is 7.01. The van der Waals surface area contributed by atoms with Crippen LogP contribution >= 0.6 is 0 Å². The molecule has 2 aromatic rings. The first kappa shape index (κ1) is 20.3. The monoisotopic (exact) mass is 379 g/mol. The molecule has 1 aliphatic rings. The lowest BCUT2D eigenvalue weighted by Crippen LogP contribution is -3.29. The van der Waals surface area contributed by atoms with Gasteiger partial charge in [-0.25, -0.2) is 0 Å².